The number of nitrogens with two attached hydrogens (primary N) is 2. The number of aliphatic hydroxyl groups is 2. The van der Waals surface area contributed by atoms with E-state index in [9.17, 15) is 19.3 Å². The number of aromatic nitrogens is 7. The molecule has 7 rings (SSSR count). The van der Waals surface area contributed by atoms with Crippen LogP contribution in [0.3, 0.4) is 0 Å². The van der Waals surface area contributed by atoms with Crippen LogP contribution in [0.2, 0.25) is 0 Å². The minimum absolute atomic E-state index is 0.0959. The maximum Gasteiger partial charge on any atom is 0.386 e. The first-order valence-corrected chi connectivity index (χ1v) is 18.3. The van der Waals surface area contributed by atoms with E-state index in [0.717, 1.165) is 0 Å². The lowest BCUT2D eigenvalue weighted by atomic mass is 10.1. The second-order valence-corrected chi connectivity index (χ2v) is 15.8. The lowest BCUT2D eigenvalue weighted by molar-refractivity contribution is -0.0574. The van der Waals surface area contributed by atoms with Gasteiger partial charge in [-0.15, -0.1) is 0 Å². The van der Waals surface area contributed by atoms with Crippen molar-refractivity contribution in [1.29, 1.82) is 0 Å². The summed E-state index contributed by atoms with van der Waals surface area (Å²) in [7, 11) is 0. The summed E-state index contributed by atoms with van der Waals surface area (Å²) in [5.74, 6) is 0.306. The molecular formula is C21H25N9O10P2S2. The second-order valence-electron chi connectivity index (χ2n) is 10.1. The Morgan fingerprint density at radius 2 is 1.43 bits per heavy atom. The molecule has 0 saturated carbocycles. The Morgan fingerprint density at radius 1 is 0.795 bits per heavy atom. The molecule has 7 heterocycles. The van der Waals surface area contributed by atoms with Crippen LogP contribution in [0.1, 0.15) is 12.5 Å². The Bertz CT molecular complexity index is 1830. The number of aliphatic hydroxyl groups excluding tert-OH is 2. The Balaban J connectivity index is 1.20. The van der Waals surface area contributed by atoms with E-state index in [-0.39, 0.29) is 22.8 Å². The number of nitrogen functional groups attached to an aromatic ring is 2. The van der Waals surface area contributed by atoms with Gasteiger partial charge in [0, 0.05) is 6.20 Å². The van der Waals surface area contributed by atoms with Crippen molar-refractivity contribution in [3.8, 4) is 0 Å². The Hall–Kier alpha value is -2.39. The Morgan fingerprint density at radius 3 is 2.18 bits per heavy atom. The first-order chi connectivity index (χ1) is 20.9. The molecule has 3 aliphatic rings. The van der Waals surface area contributed by atoms with E-state index in [1.165, 1.54) is 28.1 Å². The third-order valence-electron chi connectivity index (χ3n) is 7.41. The molecule has 6 N–H and O–H groups in total. The SMILES string of the molecule is Nc1ncnc2c1ccn2[C@@H]1O[C@@H]2COP(=O)(S)O[C@@H]3[C@H](O)C(COP(=O)(S)O[C@H]2[C@H]1O)O[C@H]3n1cnc2c(N)ncnc21. The van der Waals surface area contributed by atoms with Crippen LogP contribution >= 0.6 is 38.1 Å². The molecule has 23 heteroatoms. The molecule has 0 aliphatic carbocycles. The van der Waals surface area contributed by atoms with Gasteiger partial charge in [-0.05, 0) is 6.07 Å². The van der Waals surface area contributed by atoms with Gasteiger partial charge in [-0.3, -0.25) is 22.7 Å². The number of hydrogen-bond donors (Lipinski definition) is 6. The van der Waals surface area contributed by atoms with Gasteiger partial charge in [-0.2, -0.15) is 0 Å². The molecule has 3 saturated heterocycles. The summed E-state index contributed by atoms with van der Waals surface area (Å²) in [6.07, 6.45) is -5.09. The molecule has 4 aromatic rings. The van der Waals surface area contributed by atoms with Crippen LogP contribution in [0.5, 0.6) is 0 Å². The molecule has 4 aromatic heterocycles. The molecule has 0 amide bonds. The topological polar surface area (TPSA) is 256 Å². The molecule has 3 fully saturated rings. The summed E-state index contributed by atoms with van der Waals surface area (Å²) in [6.45, 7) is -9.61. The van der Waals surface area contributed by atoms with Crippen LogP contribution in [0.4, 0.5) is 11.6 Å². The number of ether oxygens (including phenoxy) is 2. The molecule has 0 spiro atoms. The normalized spacial score (nSPS) is 38.3. The largest absolute Gasteiger partial charge is 0.387 e. The van der Waals surface area contributed by atoms with Crippen LogP contribution < -0.4 is 11.5 Å². The van der Waals surface area contributed by atoms with Crippen LogP contribution in [0.15, 0.2) is 31.2 Å². The van der Waals surface area contributed by atoms with Gasteiger partial charge >= 0.3 is 13.6 Å². The summed E-state index contributed by atoms with van der Waals surface area (Å²) < 4.78 is 64.3. The molecule has 0 radical (unpaired) electrons. The van der Waals surface area contributed by atoms with Gasteiger partial charge in [0.05, 0.1) is 24.9 Å². The Kier molecular flexibility index (Phi) is 7.67. The van der Waals surface area contributed by atoms with E-state index < -0.39 is 75.9 Å². The van der Waals surface area contributed by atoms with Gasteiger partial charge in [0.15, 0.2) is 23.9 Å². The van der Waals surface area contributed by atoms with Crippen LogP contribution in [-0.2, 0) is 36.7 Å². The van der Waals surface area contributed by atoms with Crippen molar-refractivity contribution in [3.05, 3.63) is 31.2 Å². The predicted molar refractivity (Wildman–Crippen MR) is 156 cm³/mol. The van der Waals surface area contributed by atoms with Crippen molar-refractivity contribution in [2.45, 2.75) is 49.1 Å². The predicted octanol–water partition coefficient (Wildman–Crippen LogP) is 0.845. The number of fused-ring (bicyclic) bond motifs is 5. The number of imidazole rings is 1. The van der Waals surface area contributed by atoms with Crippen molar-refractivity contribution >= 4 is 71.9 Å². The molecular weight excluding hydrogens is 664 g/mol. The van der Waals surface area contributed by atoms with E-state index in [1.807, 2.05) is 0 Å². The smallest absolute Gasteiger partial charge is 0.386 e. The molecule has 19 nitrogen and oxygen atoms in total. The van der Waals surface area contributed by atoms with Crippen molar-refractivity contribution in [2.75, 3.05) is 24.7 Å². The van der Waals surface area contributed by atoms with Gasteiger partial charge in [0.1, 0.15) is 66.3 Å². The fourth-order valence-corrected chi connectivity index (χ4v) is 8.31. The maximum atomic E-state index is 13.5. The summed E-state index contributed by atoms with van der Waals surface area (Å²) >= 11 is 8.19. The fraction of sp³-hybridized carbons (Fsp3) is 0.476. The minimum Gasteiger partial charge on any atom is -0.387 e. The molecule has 3 unspecified atom stereocenters. The van der Waals surface area contributed by atoms with E-state index in [2.05, 4.69) is 49.4 Å². The van der Waals surface area contributed by atoms with Crippen molar-refractivity contribution in [3.63, 3.8) is 0 Å². The quantitative estimate of drug-likeness (QED) is 0.126. The number of anilines is 2. The van der Waals surface area contributed by atoms with E-state index >= 15 is 0 Å². The highest BCUT2D eigenvalue weighted by molar-refractivity contribution is 8.44. The molecule has 10 atom stereocenters. The lowest BCUT2D eigenvalue weighted by Gasteiger charge is -2.26. The van der Waals surface area contributed by atoms with E-state index in [0.29, 0.717) is 11.0 Å². The third-order valence-corrected chi connectivity index (χ3v) is 10.6. The van der Waals surface area contributed by atoms with Crippen molar-refractivity contribution < 1.29 is 46.9 Å². The van der Waals surface area contributed by atoms with E-state index in [1.54, 1.807) is 12.3 Å². The van der Waals surface area contributed by atoms with Gasteiger partial charge in [0.2, 0.25) is 0 Å². The zero-order valence-electron chi connectivity index (χ0n) is 22.2. The molecule has 44 heavy (non-hydrogen) atoms. The number of thiol groups is 2. The second kappa shape index (κ2) is 11.1. The zero-order valence-corrected chi connectivity index (χ0v) is 25.7. The monoisotopic (exact) mass is 689 g/mol. The van der Waals surface area contributed by atoms with Crippen LogP contribution in [0.25, 0.3) is 22.2 Å². The summed E-state index contributed by atoms with van der Waals surface area (Å²) in [5.41, 5.74) is 12.7. The highest BCUT2D eigenvalue weighted by Crippen LogP contribution is 2.60. The number of hydrogen-bond acceptors (Lipinski definition) is 17. The summed E-state index contributed by atoms with van der Waals surface area (Å²) in [6, 6.07) is 1.64. The van der Waals surface area contributed by atoms with Crippen molar-refractivity contribution in [1.82, 2.24) is 34.1 Å². The lowest BCUT2D eigenvalue weighted by Crippen LogP contribution is -2.35. The van der Waals surface area contributed by atoms with Gasteiger partial charge < -0.3 is 35.7 Å². The van der Waals surface area contributed by atoms with Crippen LogP contribution in [-0.4, -0.2) is 94.1 Å². The van der Waals surface area contributed by atoms with Crippen molar-refractivity contribution in [2.24, 2.45) is 0 Å². The minimum atomic E-state index is -4.30. The maximum absolute atomic E-state index is 13.5. The summed E-state index contributed by atoms with van der Waals surface area (Å²) in [4.78, 5) is 20.4. The average Bonchev–Trinajstić information content (AvgIpc) is 3.73. The zero-order chi connectivity index (χ0) is 31.0. The highest BCUT2D eigenvalue weighted by Gasteiger charge is 2.53. The molecule has 3 aliphatic heterocycles. The van der Waals surface area contributed by atoms with E-state index in [4.69, 9.17) is 39.0 Å². The van der Waals surface area contributed by atoms with Gasteiger partial charge in [-0.25, -0.2) is 34.0 Å². The molecule has 0 aromatic carbocycles. The Labute approximate surface area is 257 Å². The van der Waals surface area contributed by atoms with Gasteiger partial charge in [-0.1, -0.05) is 24.5 Å². The average molecular weight is 690 g/mol. The third kappa shape index (κ3) is 5.29. The highest BCUT2D eigenvalue weighted by atomic mass is 32.7. The fourth-order valence-electron chi connectivity index (χ4n) is 5.36. The number of nitrogens with zero attached hydrogens (tertiary/aromatic N) is 7. The first-order valence-electron chi connectivity index (χ1n) is 12.9. The standard InChI is InChI=1S/C21H25N9O10P2S2/c22-16-8-1-2-29(18(8)26-5-24-16)20-13(32)14-10(38-20)4-36-42(34,44)40-15-12(31)9(3-35-41(33,43)39-14)37-21(15)30-7-28-11-17(23)25-6-27-19(11)30/h1-2,5-7,9-10,12-15,20-21,31-32H,3-4H2,(H,33,43)(H,34,44)(H2,22,24,26)(H2,23,25,27)/t9?,10-,12-,13-,14-,15-,20-,21-,41?,42?/m1/s1. The summed E-state index contributed by atoms with van der Waals surface area (Å²) in [5, 5.41) is 22.9. The first kappa shape index (κ1) is 30.3. The molecule has 236 valence electrons. The van der Waals surface area contributed by atoms with Gasteiger partial charge in [0.25, 0.3) is 0 Å². The van der Waals surface area contributed by atoms with Crippen LogP contribution in [0, 0.1) is 0 Å². The molecule has 2 bridgehead atoms. The number of rotatable bonds is 2.